The fourth-order valence-electron chi connectivity index (χ4n) is 3.90. The van der Waals surface area contributed by atoms with Crippen LogP contribution in [0.15, 0.2) is 34.1 Å². The molecule has 4 heterocycles. The molecule has 2 aliphatic rings. The summed E-state index contributed by atoms with van der Waals surface area (Å²) in [5.41, 5.74) is 11.8. The third-order valence-electron chi connectivity index (χ3n) is 5.48. The molecule has 14 nitrogen and oxygen atoms in total. The number of thiazole rings is 1. The number of carboxylic acid groups (broad SMARTS) is 1. The van der Waals surface area contributed by atoms with Gasteiger partial charge in [0.1, 0.15) is 30.3 Å². The van der Waals surface area contributed by atoms with Gasteiger partial charge in [0.15, 0.2) is 29.4 Å². The largest absolute Gasteiger partial charge is 0.543 e. The molecule has 0 spiro atoms. The van der Waals surface area contributed by atoms with E-state index in [0.717, 1.165) is 16.2 Å². The zero-order chi connectivity index (χ0) is 26.0. The second-order valence-electron chi connectivity index (χ2n) is 7.71. The number of aliphatic hydroxyl groups is 1. The number of carbonyl (C=O) groups excluding carboxylic acids is 3. The van der Waals surface area contributed by atoms with E-state index in [4.69, 9.17) is 16.3 Å². The normalized spacial score (nSPS) is 19.7. The number of aliphatic hydroxyl groups excluding tert-OH is 1. The Morgan fingerprint density at radius 1 is 1.44 bits per heavy atom. The van der Waals surface area contributed by atoms with Crippen LogP contribution in [0.25, 0.3) is 0 Å². The monoisotopic (exact) mass is 536 g/mol. The number of hydrogen-bond donors (Lipinski definition) is 4. The molecule has 36 heavy (non-hydrogen) atoms. The van der Waals surface area contributed by atoms with Gasteiger partial charge in [-0.05, 0) is 6.92 Å². The molecule has 2 amide bonds. The molecule has 2 aromatic rings. The molecule has 0 saturated carbocycles. The van der Waals surface area contributed by atoms with Crippen LogP contribution in [-0.2, 0) is 32.3 Å². The van der Waals surface area contributed by atoms with E-state index in [0.29, 0.717) is 11.4 Å². The van der Waals surface area contributed by atoms with Gasteiger partial charge < -0.3 is 36.6 Å². The lowest BCUT2D eigenvalue weighted by molar-refractivity contribution is -0.767. The molecule has 4 rings (SSSR count). The number of nitrogens with one attached hydrogen (secondary N) is 1. The summed E-state index contributed by atoms with van der Waals surface area (Å²) in [7, 11) is 0. The molecular formula is C20H24N8O6S2. The van der Waals surface area contributed by atoms with Crippen molar-refractivity contribution in [2.24, 2.45) is 5.16 Å². The summed E-state index contributed by atoms with van der Waals surface area (Å²) in [5.74, 6) is -2.14. The van der Waals surface area contributed by atoms with Crippen LogP contribution in [0.4, 0.5) is 10.9 Å². The molecule has 1 saturated heterocycles. The molecule has 16 heteroatoms. The fraction of sp³-hybridized carbons (Fsp3) is 0.400. The molecule has 6 N–H and O–H groups in total. The first-order chi connectivity index (χ1) is 17.3. The van der Waals surface area contributed by atoms with Crippen LogP contribution in [0.3, 0.4) is 0 Å². The Morgan fingerprint density at radius 3 is 2.86 bits per heavy atom. The summed E-state index contributed by atoms with van der Waals surface area (Å²) in [6.07, 6.45) is 1.66. The summed E-state index contributed by atoms with van der Waals surface area (Å²) in [6, 6.07) is 0.647. The van der Waals surface area contributed by atoms with E-state index in [1.54, 1.807) is 28.6 Å². The van der Waals surface area contributed by atoms with Crippen molar-refractivity contribution in [1.29, 1.82) is 0 Å². The molecule has 0 aromatic carbocycles. The fourth-order valence-corrected chi connectivity index (χ4v) is 5.78. The first kappa shape index (κ1) is 25.5. The van der Waals surface area contributed by atoms with Crippen LogP contribution in [-0.4, -0.2) is 73.5 Å². The number of nitrogens with two attached hydrogens (primary N) is 2. The van der Waals surface area contributed by atoms with E-state index in [9.17, 15) is 24.6 Å². The lowest BCUT2D eigenvalue weighted by Gasteiger charge is -2.50. The highest BCUT2D eigenvalue weighted by Crippen LogP contribution is 2.40. The summed E-state index contributed by atoms with van der Waals surface area (Å²) in [6.45, 7) is 2.08. The quantitative estimate of drug-likeness (QED) is 0.106. The number of oxime groups is 1. The van der Waals surface area contributed by atoms with Crippen LogP contribution >= 0.6 is 23.1 Å². The lowest BCUT2D eigenvalue weighted by Crippen LogP contribution is -2.71. The maximum absolute atomic E-state index is 13.0. The van der Waals surface area contributed by atoms with Crippen LogP contribution in [0.2, 0.25) is 0 Å². The minimum Gasteiger partial charge on any atom is -0.543 e. The number of hydrogen-bond acceptors (Lipinski definition) is 12. The van der Waals surface area contributed by atoms with Gasteiger partial charge in [-0.25, -0.2) is 4.98 Å². The molecule has 192 valence electrons. The Kier molecular flexibility index (Phi) is 7.46. The maximum atomic E-state index is 13.0. The Hall–Kier alpha value is -3.63. The molecule has 0 bridgehead atoms. The number of anilines is 2. The molecule has 2 aromatic heterocycles. The Morgan fingerprint density at radius 2 is 2.22 bits per heavy atom. The van der Waals surface area contributed by atoms with Gasteiger partial charge in [0.25, 0.3) is 11.8 Å². The van der Waals surface area contributed by atoms with Crippen molar-refractivity contribution in [1.82, 2.24) is 19.9 Å². The zero-order valence-electron chi connectivity index (χ0n) is 19.1. The number of carbonyl (C=O) groups is 3. The van der Waals surface area contributed by atoms with Crippen molar-refractivity contribution in [2.75, 3.05) is 30.4 Å². The first-order valence-electron chi connectivity index (χ1n) is 10.8. The lowest BCUT2D eigenvalue weighted by atomic mass is 10.0. The average Bonchev–Trinajstić information content (AvgIpc) is 3.43. The molecule has 0 unspecified atom stereocenters. The van der Waals surface area contributed by atoms with Crippen LogP contribution in [0.1, 0.15) is 12.6 Å². The van der Waals surface area contributed by atoms with Crippen molar-refractivity contribution in [3.63, 3.8) is 0 Å². The predicted octanol–water partition coefficient (Wildman–Crippen LogP) is -2.77. The number of fused-ring (bicyclic) bond motifs is 1. The highest BCUT2D eigenvalue weighted by molar-refractivity contribution is 8.00. The highest BCUT2D eigenvalue weighted by atomic mass is 32.2. The molecule has 2 aliphatic heterocycles. The second kappa shape index (κ2) is 10.5. The standard InChI is InChI=1S/C20H24N8O6S2/c1-2-34-25-13(11-9-36-20(22)23-11)16(30)24-14-17(31)28-15(19(32)33)10(8-35-18(14)28)7-26-4-3-12(21)27(26)5-6-29/h3-4,9,14,18,21,29H,2,5-8H2,1H3,(H4,22,23,24,30,32,33)/t14-,18-/m1/s1. The van der Waals surface area contributed by atoms with Gasteiger partial charge in [-0.15, -0.1) is 32.5 Å². The SMILES string of the molecule is CCON=C(C(=O)N[C@@H]1C(=O)N2C(C(=O)[O-])=C(C[n+]3ccc(N)n3CCO)CS[C@H]12)c1csc(N)n1. The van der Waals surface area contributed by atoms with Crippen molar-refractivity contribution in [2.45, 2.75) is 31.4 Å². The molecular weight excluding hydrogens is 512 g/mol. The summed E-state index contributed by atoms with van der Waals surface area (Å²) in [4.78, 5) is 48.2. The summed E-state index contributed by atoms with van der Waals surface area (Å²) < 4.78 is 3.26. The van der Waals surface area contributed by atoms with E-state index in [2.05, 4.69) is 15.5 Å². The number of amides is 2. The number of aliphatic carboxylic acids is 1. The van der Waals surface area contributed by atoms with Gasteiger partial charge in [-0.3, -0.25) is 14.5 Å². The maximum Gasteiger partial charge on any atom is 0.276 e. The van der Waals surface area contributed by atoms with Crippen molar-refractivity contribution >= 4 is 57.5 Å². The van der Waals surface area contributed by atoms with Gasteiger partial charge in [0.2, 0.25) is 0 Å². The van der Waals surface area contributed by atoms with Gasteiger partial charge in [-0.2, -0.15) is 0 Å². The Balaban J connectivity index is 1.54. The summed E-state index contributed by atoms with van der Waals surface area (Å²) in [5, 5.41) is 28.9. The number of carboxylic acids is 1. The zero-order valence-corrected chi connectivity index (χ0v) is 20.8. The number of nitrogens with zero attached hydrogens (tertiary/aromatic N) is 5. The molecule has 2 atom stereocenters. The number of β-lactam (4-membered cyclic amide) rings is 1. The Bertz CT molecular complexity index is 1250. The molecule has 1 fully saturated rings. The predicted molar refractivity (Wildman–Crippen MR) is 128 cm³/mol. The minimum atomic E-state index is -1.50. The van der Waals surface area contributed by atoms with Crippen LogP contribution < -0.4 is 26.6 Å². The van der Waals surface area contributed by atoms with Crippen molar-refractivity contribution < 1.29 is 34.1 Å². The molecule has 0 aliphatic carbocycles. The Labute approximate surface area is 213 Å². The van der Waals surface area contributed by atoms with Gasteiger partial charge in [-0.1, -0.05) is 5.16 Å². The topological polar surface area (TPSA) is 205 Å². The van der Waals surface area contributed by atoms with E-state index in [1.165, 1.54) is 17.1 Å². The smallest absolute Gasteiger partial charge is 0.276 e. The van der Waals surface area contributed by atoms with E-state index in [1.807, 2.05) is 0 Å². The van der Waals surface area contributed by atoms with E-state index in [-0.39, 0.29) is 54.3 Å². The van der Waals surface area contributed by atoms with E-state index >= 15 is 0 Å². The van der Waals surface area contributed by atoms with Gasteiger partial charge >= 0.3 is 0 Å². The third kappa shape index (κ3) is 4.74. The number of rotatable bonds is 10. The highest BCUT2D eigenvalue weighted by Gasteiger charge is 2.53. The third-order valence-corrected chi connectivity index (χ3v) is 7.50. The number of aromatic nitrogens is 3. The minimum absolute atomic E-state index is 0.122. The van der Waals surface area contributed by atoms with Gasteiger partial charge in [0, 0.05) is 16.7 Å². The van der Waals surface area contributed by atoms with Crippen molar-refractivity contribution in [3.8, 4) is 0 Å². The van der Waals surface area contributed by atoms with Crippen molar-refractivity contribution in [3.05, 3.63) is 34.6 Å². The van der Waals surface area contributed by atoms with Gasteiger partial charge in [0.05, 0.1) is 24.3 Å². The average molecular weight is 537 g/mol. The van der Waals surface area contributed by atoms with Crippen LogP contribution in [0, 0.1) is 0 Å². The van der Waals surface area contributed by atoms with E-state index < -0.39 is 29.2 Å². The first-order valence-corrected chi connectivity index (χ1v) is 12.8. The second-order valence-corrected chi connectivity index (χ2v) is 9.71. The van der Waals surface area contributed by atoms with Crippen LogP contribution in [0.5, 0.6) is 0 Å². The number of nitrogen functional groups attached to an aromatic ring is 2. The molecule has 0 radical (unpaired) electrons. The number of thioether (sulfide) groups is 1. The summed E-state index contributed by atoms with van der Waals surface area (Å²) >= 11 is 2.42.